The number of Topliss-reactive ketones (excluding diaryl/α,β-unsaturated/α-hetero) is 1. The molecule has 5 heterocycles. The number of hydrogen-bond acceptors (Lipinski definition) is 7. The molecule has 0 atom stereocenters. The average molecular weight is 524 g/mol. The van der Waals surface area contributed by atoms with E-state index in [-0.39, 0.29) is 11.2 Å². The largest absolute Gasteiger partial charge is 0.356 e. The average Bonchev–Trinajstić information content (AvgIpc) is 3.45. The SMILES string of the molecule is CC(=O)CN1CC2(CCN(c3nc4c(c(-c5ccc(F)cc5F)c3C)CCN(c3scnc3C)C4)C2)C1. The highest BCUT2D eigenvalue weighted by atomic mass is 32.1. The Labute approximate surface area is 219 Å². The van der Waals surface area contributed by atoms with Gasteiger partial charge in [0.05, 0.1) is 30.0 Å². The van der Waals surface area contributed by atoms with Crippen LogP contribution in [0, 0.1) is 30.9 Å². The van der Waals surface area contributed by atoms with Gasteiger partial charge in [-0.05, 0) is 62.4 Å². The van der Waals surface area contributed by atoms with Crippen LogP contribution in [-0.2, 0) is 17.8 Å². The number of hydrogen-bond donors (Lipinski definition) is 0. The summed E-state index contributed by atoms with van der Waals surface area (Å²) in [4.78, 5) is 28.0. The minimum atomic E-state index is -0.574. The van der Waals surface area contributed by atoms with Gasteiger partial charge in [-0.15, -0.1) is 11.3 Å². The fraction of sp³-hybridized carbons (Fsp3) is 0.464. The predicted molar refractivity (Wildman–Crippen MR) is 142 cm³/mol. The number of benzene rings is 1. The van der Waals surface area contributed by atoms with Crippen molar-refractivity contribution in [3.8, 4) is 11.1 Å². The van der Waals surface area contributed by atoms with E-state index in [2.05, 4.69) is 19.7 Å². The van der Waals surface area contributed by atoms with Gasteiger partial charge in [0.1, 0.15) is 28.2 Å². The molecule has 37 heavy (non-hydrogen) atoms. The Kier molecular flexibility index (Phi) is 6.03. The molecule has 2 fully saturated rings. The van der Waals surface area contributed by atoms with Crippen LogP contribution in [0.15, 0.2) is 23.7 Å². The second-order valence-corrected chi connectivity index (χ2v) is 11.8. The molecule has 0 amide bonds. The van der Waals surface area contributed by atoms with E-state index in [4.69, 9.17) is 4.98 Å². The van der Waals surface area contributed by atoms with E-state index >= 15 is 4.39 Å². The van der Waals surface area contributed by atoms with Gasteiger partial charge in [0.25, 0.3) is 0 Å². The van der Waals surface area contributed by atoms with E-state index < -0.39 is 11.6 Å². The first-order valence-electron chi connectivity index (χ1n) is 12.8. The van der Waals surface area contributed by atoms with Crippen molar-refractivity contribution in [1.82, 2.24) is 14.9 Å². The Morgan fingerprint density at radius 1 is 1.14 bits per heavy atom. The van der Waals surface area contributed by atoms with Crippen molar-refractivity contribution in [3.63, 3.8) is 0 Å². The maximum atomic E-state index is 15.2. The monoisotopic (exact) mass is 523 g/mol. The number of rotatable bonds is 5. The summed E-state index contributed by atoms with van der Waals surface area (Å²) in [6, 6.07) is 3.87. The van der Waals surface area contributed by atoms with Gasteiger partial charge in [-0.3, -0.25) is 9.69 Å². The first-order valence-corrected chi connectivity index (χ1v) is 13.7. The number of halogens is 2. The number of anilines is 2. The van der Waals surface area contributed by atoms with Gasteiger partial charge in [-0.25, -0.2) is 18.7 Å². The van der Waals surface area contributed by atoms with E-state index in [1.165, 1.54) is 6.07 Å². The highest BCUT2D eigenvalue weighted by molar-refractivity contribution is 7.14. The van der Waals surface area contributed by atoms with Gasteiger partial charge in [0, 0.05) is 49.8 Å². The van der Waals surface area contributed by atoms with Crippen LogP contribution < -0.4 is 9.80 Å². The summed E-state index contributed by atoms with van der Waals surface area (Å²) < 4.78 is 29.0. The third-order valence-electron chi connectivity index (χ3n) is 8.08. The minimum absolute atomic E-state index is 0.173. The Bertz CT molecular complexity index is 1380. The molecule has 3 aromatic rings. The first-order chi connectivity index (χ1) is 17.7. The molecule has 1 aromatic carbocycles. The third-order valence-corrected chi connectivity index (χ3v) is 9.07. The fourth-order valence-corrected chi connectivity index (χ4v) is 7.35. The summed E-state index contributed by atoms with van der Waals surface area (Å²) in [6.07, 6.45) is 1.78. The number of ketones is 1. The molecule has 0 N–H and O–H groups in total. The van der Waals surface area contributed by atoms with Crippen molar-refractivity contribution in [3.05, 3.63) is 57.9 Å². The van der Waals surface area contributed by atoms with Crippen molar-refractivity contribution in [1.29, 1.82) is 0 Å². The number of pyridine rings is 1. The van der Waals surface area contributed by atoms with Crippen LogP contribution in [0.2, 0.25) is 0 Å². The van der Waals surface area contributed by atoms with Gasteiger partial charge in [-0.2, -0.15) is 0 Å². The lowest BCUT2D eigenvalue weighted by atomic mass is 9.79. The molecular weight excluding hydrogens is 492 g/mol. The third kappa shape index (κ3) is 4.32. The molecule has 1 spiro atoms. The molecule has 3 aliphatic rings. The van der Waals surface area contributed by atoms with E-state index in [1.807, 2.05) is 19.4 Å². The van der Waals surface area contributed by atoms with E-state index in [0.717, 1.165) is 90.5 Å². The zero-order chi connectivity index (χ0) is 25.9. The van der Waals surface area contributed by atoms with Gasteiger partial charge in [0.15, 0.2) is 0 Å². The maximum Gasteiger partial charge on any atom is 0.143 e. The maximum absolute atomic E-state index is 15.2. The number of thiazole rings is 1. The Morgan fingerprint density at radius 3 is 2.65 bits per heavy atom. The molecule has 0 radical (unpaired) electrons. The molecule has 0 saturated carbocycles. The molecule has 6 rings (SSSR count). The molecule has 6 nitrogen and oxygen atoms in total. The zero-order valence-corrected chi connectivity index (χ0v) is 22.3. The number of carbonyl (C=O) groups excluding carboxylic acids is 1. The van der Waals surface area contributed by atoms with E-state index in [0.29, 0.717) is 18.7 Å². The molecular formula is C28H31F2N5OS. The molecule has 0 aliphatic carbocycles. The van der Waals surface area contributed by atoms with E-state index in [9.17, 15) is 9.18 Å². The Morgan fingerprint density at radius 2 is 1.95 bits per heavy atom. The van der Waals surface area contributed by atoms with E-state index in [1.54, 1.807) is 24.3 Å². The predicted octanol–water partition coefficient (Wildman–Crippen LogP) is 4.76. The van der Waals surface area contributed by atoms with Crippen molar-refractivity contribution in [2.45, 2.75) is 40.2 Å². The van der Waals surface area contributed by atoms with Crippen LogP contribution in [0.1, 0.15) is 35.9 Å². The van der Waals surface area contributed by atoms with Crippen molar-refractivity contribution in [2.24, 2.45) is 5.41 Å². The second kappa shape index (κ2) is 9.13. The first kappa shape index (κ1) is 24.4. The normalized spacial score (nSPS) is 18.8. The molecule has 2 saturated heterocycles. The summed E-state index contributed by atoms with van der Waals surface area (Å²) in [7, 11) is 0. The molecule has 0 unspecified atom stereocenters. The molecule has 194 valence electrons. The number of aromatic nitrogens is 2. The van der Waals surface area contributed by atoms with Crippen molar-refractivity contribution >= 4 is 27.9 Å². The lowest BCUT2D eigenvalue weighted by Gasteiger charge is -2.47. The van der Waals surface area contributed by atoms with Crippen LogP contribution in [0.25, 0.3) is 11.1 Å². The highest BCUT2D eigenvalue weighted by Crippen LogP contribution is 2.44. The number of nitrogens with zero attached hydrogens (tertiary/aromatic N) is 5. The summed E-state index contributed by atoms with van der Waals surface area (Å²) in [6.45, 7) is 11.2. The number of fused-ring (bicyclic) bond motifs is 1. The summed E-state index contributed by atoms with van der Waals surface area (Å²) in [5.74, 6) is -0.0266. The number of aryl methyl sites for hydroxylation is 1. The quantitative estimate of drug-likeness (QED) is 0.481. The molecule has 0 bridgehead atoms. The van der Waals surface area contributed by atoms with Crippen LogP contribution in [0.3, 0.4) is 0 Å². The second-order valence-electron chi connectivity index (χ2n) is 10.9. The van der Waals surface area contributed by atoms with Crippen LogP contribution >= 0.6 is 11.3 Å². The number of carbonyl (C=O) groups is 1. The molecule has 2 aromatic heterocycles. The van der Waals surface area contributed by atoms with Gasteiger partial charge < -0.3 is 9.80 Å². The fourth-order valence-electron chi connectivity index (χ4n) is 6.51. The van der Waals surface area contributed by atoms with Gasteiger partial charge >= 0.3 is 0 Å². The Hall–Kier alpha value is -2.91. The van der Waals surface area contributed by atoms with Crippen LogP contribution in [0.5, 0.6) is 0 Å². The zero-order valence-electron chi connectivity index (χ0n) is 21.5. The standard InChI is InChI=1S/C28H31F2N5OS/c1-17(36)11-33-13-28(14-33)7-9-35(15-28)26-18(2)25(21-5-4-20(29)10-23(21)30)22-6-8-34(12-24(22)32-26)27-19(3)31-16-37-27/h4-5,10,16H,6-9,11-15H2,1-3H3. The lowest BCUT2D eigenvalue weighted by Crippen LogP contribution is -2.58. The minimum Gasteiger partial charge on any atom is -0.356 e. The lowest BCUT2D eigenvalue weighted by molar-refractivity contribution is -0.121. The summed E-state index contributed by atoms with van der Waals surface area (Å²) in [5, 5.41) is 1.14. The molecule has 3 aliphatic heterocycles. The topological polar surface area (TPSA) is 52.6 Å². The van der Waals surface area contributed by atoms with Gasteiger partial charge in [-0.1, -0.05) is 0 Å². The summed E-state index contributed by atoms with van der Waals surface area (Å²) >= 11 is 1.63. The van der Waals surface area contributed by atoms with Gasteiger partial charge in [0.2, 0.25) is 0 Å². The summed E-state index contributed by atoms with van der Waals surface area (Å²) in [5.41, 5.74) is 7.28. The van der Waals surface area contributed by atoms with Crippen LogP contribution in [0.4, 0.5) is 19.6 Å². The number of likely N-dealkylation sites (tertiary alicyclic amines) is 1. The highest BCUT2D eigenvalue weighted by Gasteiger charge is 2.48. The Balaban J connectivity index is 1.39. The molecule has 9 heteroatoms. The van der Waals surface area contributed by atoms with Crippen LogP contribution in [-0.4, -0.2) is 59.9 Å². The van der Waals surface area contributed by atoms with Crippen molar-refractivity contribution in [2.75, 3.05) is 49.1 Å². The smallest absolute Gasteiger partial charge is 0.143 e. The van der Waals surface area contributed by atoms with Crippen molar-refractivity contribution < 1.29 is 13.6 Å².